The van der Waals surface area contributed by atoms with E-state index >= 15 is 0 Å². The Kier molecular flexibility index (Phi) is 5.43. The van der Waals surface area contributed by atoms with Crippen molar-refractivity contribution in [1.82, 2.24) is 9.97 Å². The van der Waals surface area contributed by atoms with E-state index < -0.39 is 11.8 Å². The number of benzene rings is 2. The molecule has 0 amide bonds. The third-order valence-corrected chi connectivity index (χ3v) is 4.46. The molecule has 0 fully saturated rings. The van der Waals surface area contributed by atoms with Gasteiger partial charge in [-0.1, -0.05) is 23.2 Å². The van der Waals surface area contributed by atoms with Gasteiger partial charge in [0.2, 0.25) is 0 Å². The Bertz CT molecular complexity index is 1070. The van der Waals surface area contributed by atoms with Crippen molar-refractivity contribution in [2.75, 3.05) is 12.4 Å². The first-order chi connectivity index (χ1) is 12.9. The standard InChI is InChI=1S/C18H12Cl2FN3O3/c1-27-14-7-13-10(6-9(14)2-5-15(25)26)18(23-8-22-13)24-12-4-3-11(19)16(20)17(12)21/h2-8H,1H3,(H,25,26)(H,22,23,24). The molecule has 0 aliphatic heterocycles. The number of carboxylic acids is 1. The number of halogens is 3. The van der Waals surface area contributed by atoms with E-state index in [4.69, 9.17) is 33.0 Å². The maximum Gasteiger partial charge on any atom is 0.328 e. The molecule has 6 nitrogen and oxygen atoms in total. The predicted molar refractivity (Wildman–Crippen MR) is 102 cm³/mol. The van der Waals surface area contributed by atoms with E-state index in [1.54, 1.807) is 12.1 Å². The molecule has 0 spiro atoms. The highest BCUT2D eigenvalue weighted by molar-refractivity contribution is 6.42. The number of methoxy groups -OCH3 is 1. The molecular formula is C18H12Cl2FN3O3. The van der Waals surface area contributed by atoms with Crippen LogP contribution in [-0.2, 0) is 4.79 Å². The van der Waals surface area contributed by atoms with Crippen LogP contribution in [-0.4, -0.2) is 28.2 Å². The van der Waals surface area contributed by atoms with E-state index in [0.29, 0.717) is 28.0 Å². The van der Waals surface area contributed by atoms with Gasteiger partial charge in [-0.2, -0.15) is 0 Å². The quantitative estimate of drug-likeness (QED) is 0.460. The smallest absolute Gasteiger partial charge is 0.328 e. The molecule has 3 aromatic rings. The first kappa shape index (κ1) is 18.9. The van der Waals surface area contributed by atoms with Crippen molar-refractivity contribution in [2.24, 2.45) is 0 Å². The zero-order chi connectivity index (χ0) is 19.6. The first-order valence-corrected chi connectivity index (χ1v) is 8.30. The monoisotopic (exact) mass is 407 g/mol. The van der Waals surface area contributed by atoms with Gasteiger partial charge in [0.25, 0.3) is 0 Å². The van der Waals surface area contributed by atoms with Crippen molar-refractivity contribution in [3.05, 3.63) is 58.1 Å². The molecule has 0 saturated carbocycles. The highest BCUT2D eigenvalue weighted by atomic mass is 35.5. The van der Waals surface area contributed by atoms with Crippen LogP contribution in [0.3, 0.4) is 0 Å². The molecule has 3 rings (SSSR count). The molecule has 0 atom stereocenters. The van der Waals surface area contributed by atoms with Crippen LogP contribution in [0, 0.1) is 5.82 Å². The van der Waals surface area contributed by atoms with E-state index in [-0.39, 0.29) is 15.7 Å². The second-order valence-corrected chi connectivity index (χ2v) is 6.14. The summed E-state index contributed by atoms with van der Waals surface area (Å²) >= 11 is 11.6. The van der Waals surface area contributed by atoms with Crippen molar-refractivity contribution < 1.29 is 19.0 Å². The number of hydrogen-bond acceptors (Lipinski definition) is 5. The fourth-order valence-electron chi connectivity index (χ4n) is 2.42. The van der Waals surface area contributed by atoms with Gasteiger partial charge in [-0.25, -0.2) is 19.2 Å². The van der Waals surface area contributed by atoms with Crippen LogP contribution in [0.15, 0.2) is 36.7 Å². The third-order valence-electron chi connectivity index (χ3n) is 3.68. The third kappa shape index (κ3) is 3.94. The topological polar surface area (TPSA) is 84.3 Å². The summed E-state index contributed by atoms with van der Waals surface area (Å²) in [4.78, 5) is 19.1. The zero-order valence-electron chi connectivity index (χ0n) is 13.8. The molecule has 1 heterocycles. The molecule has 0 saturated heterocycles. The summed E-state index contributed by atoms with van der Waals surface area (Å²) in [7, 11) is 1.46. The maximum absolute atomic E-state index is 14.3. The van der Waals surface area contributed by atoms with Crippen LogP contribution < -0.4 is 10.1 Å². The lowest BCUT2D eigenvalue weighted by Crippen LogP contribution is -2.00. The van der Waals surface area contributed by atoms with Gasteiger partial charge < -0.3 is 15.2 Å². The number of aromatic nitrogens is 2. The van der Waals surface area contributed by atoms with E-state index in [9.17, 15) is 9.18 Å². The SMILES string of the molecule is COc1cc2ncnc(Nc3ccc(Cl)c(Cl)c3F)c2cc1C=CC(=O)O. The van der Waals surface area contributed by atoms with Gasteiger partial charge in [0, 0.05) is 23.1 Å². The van der Waals surface area contributed by atoms with E-state index in [1.807, 2.05) is 0 Å². The summed E-state index contributed by atoms with van der Waals surface area (Å²) in [5, 5.41) is 12.1. The number of nitrogens with one attached hydrogen (secondary N) is 1. The number of carboxylic acid groups (broad SMARTS) is 1. The van der Waals surface area contributed by atoms with Crippen LogP contribution in [0.5, 0.6) is 5.75 Å². The average Bonchev–Trinajstić information content (AvgIpc) is 2.66. The van der Waals surface area contributed by atoms with E-state index in [2.05, 4.69) is 15.3 Å². The Morgan fingerprint density at radius 2 is 2.07 bits per heavy atom. The Hall–Kier alpha value is -2.90. The fraction of sp³-hybridized carbons (Fsp3) is 0.0556. The molecule has 1 aromatic heterocycles. The molecule has 2 aromatic carbocycles. The Labute approximate surface area is 163 Å². The largest absolute Gasteiger partial charge is 0.496 e. The van der Waals surface area contributed by atoms with Crippen molar-refractivity contribution in [1.29, 1.82) is 0 Å². The summed E-state index contributed by atoms with van der Waals surface area (Å²) in [5.74, 6) is -1.07. The maximum atomic E-state index is 14.3. The number of hydrogen-bond donors (Lipinski definition) is 2. The highest BCUT2D eigenvalue weighted by Gasteiger charge is 2.14. The number of fused-ring (bicyclic) bond motifs is 1. The molecule has 2 N–H and O–H groups in total. The van der Waals surface area contributed by atoms with Gasteiger partial charge in [0.1, 0.15) is 17.9 Å². The minimum Gasteiger partial charge on any atom is -0.496 e. The lowest BCUT2D eigenvalue weighted by Gasteiger charge is -2.12. The summed E-state index contributed by atoms with van der Waals surface area (Å²) in [6.07, 6.45) is 3.68. The number of rotatable bonds is 5. The minimum atomic E-state index is -1.10. The van der Waals surface area contributed by atoms with Crippen molar-refractivity contribution >= 4 is 57.7 Å². The Morgan fingerprint density at radius 3 is 2.78 bits per heavy atom. The fourth-order valence-corrected chi connectivity index (χ4v) is 2.73. The van der Waals surface area contributed by atoms with Crippen molar-refractivity contribution in [3.63, 3.8) is 0 Å². The summed E-state index contributed by atoms with van der Waals surface area (Å²) in [5.41, 5.74) is 1.11. The molecular weight excluding hydrogens is 396 g/mol. The normalized spacial score (nSPS) is 11.1. The zero-order valence-corrected chi connectivity index (χ0v) is 15.3. The van der Waals surface area contributed by atoms with Crippen molar-refractivity contribution in [3.8, 4) is 5.75 Å². The van der Waals surface area contributed by atoms with Gasteiger partial charge in [-0.05, 0) is 24.3 Å². The number of nitrogens with zero attached hydrogens (tertiary/aromatic N) is 2. The number of anilines is 2. The molecule has 0 bridgehead atoms. The molecule has 27 heavy (non-hydrogen) atoms. The lowest BCUT2D eigenvalue weighted by molar-refractivity contribution is -0.131. The number of aliphatic carboxylic acids is 1. The molecule has 0 aliphatic rings. The summed E-state index contributed by atoms with van der Waals surface area (Å²) in [6.45, 7) is 0. The van der Waals surface area contributed by atoms with Gasteiger partial charge in [0.15, 0.2) is 5.82 Å². The van der Waals surface area contributed by atoms with Crippen LogP contribution >= 0.6 is 23.2 Å². The summed E-state index contributed by atoms with van der Waals surface area (Å²) in [6, 6.07) is 6.18. The Morgan fingerprint density at radius 1 is 1.30 bits per heavy atom. The van der Waals surface area contributed by atoms with E-state index in [1.165, 1.54) is 31.6 Å². The first-order valence-electron chi connectivity index (χ1n) is 7.55. The second kappa shape index (κ2) is 7.77. The van der Waals surface area contributed by atoms with Crippen LogP contribution in [0.25, 0.3) is 17.0 Å². The predicted octanol–water partition coefficient (Wildman–Crippen LogP) is 4.93. The van der Waals surface area contributed by atoms with Crippen LogP contribution in [0.1, 0.15) is 5.56 Å². The molecule has 0 aliphatic carbocycles. The second-order valence-electron chi connectivity index (χ2n) is 5.35. The van der Waals surface area contributed by atoms with E-state index in [0.717, 1.165) is 6.08 Å². The van der Waals surface area contributed by atoms with Crippen molar-refractivity contribution in [2.45, 2.75) is 0 Å². The molecule has 9 heteroatoms. The highest BCUT2D eigenvalue weighted by Crippen LogP contribution is 2.34. The average molecular weight is 408 g/mol. The van der Waals surface area contributed by atoms with Gasteiger partial charge in [-0.15, -0.1) is 0 Å². The van der Waals surface area contributed by atoms with Gasteiger partial charge >= 0.3 is 5.97 Å². The van der Waals surface area contributed by atoms with Gasteiger partial charge in [0.05, 0.1) is 28.4 Å². The summed E-state index contributed by atoms with van der Waals surface area (Å²) < 4.78 is 19.6. The van der Waals surface area contributed by atoms with Crippen LogP contribution in [0.4, 0.5) is 15.9 Å². The van der Waals surface area contributed by atoms with Crippen LogP contribution in [0.2, 0.25) is 10.0 Å². The molecule has 0 radical (unpaired) electrons. The number of carbonyl (C=O) groups is 1. The molecule has 0 unspecified atom stereocenters. The number of ether oxygens (including phenoxy) is 1. The molecule has 138 valence electrons. The lowest BCUT2D eigenvalue weighted by atomic mass is 10.1. The Balaban J connectivity index is 2.12. The minimum absolute atomic E-state index is 0.0860. The van der Waals surface area contributed by atoms with Gasteiger partial charge in [-0.3, -0.25) is 0 Å².